The van der Waals surface area contributed by atoms with Gasteiger partial charge in [0.25, 0.3) is 0 Å². The summed E-state index contributed by atoms with van der Waals surface area (Å²) in [7, 11) is 0. The van der Waals surface area contributed by atoms with Gasteiger partial charge in [0.15, 0.2) is 0 Å². The molecule has 1 fully saturated rings. The summed E-state index contributed by atoms with van der Waals surface area (Å²) in [6.45, 7) is 16.5. The maximum Gasteiger partial charge on any atom is 0.0221 e. The van der Waals surface area contributed by atoms with Crippen LogP contribution in [-0.4, -0.2) is 36.1 Å². The highest BCUT2D eigenvalue weighted by Gasteiger charge is 2.33. The van der Waals surface area contributed by atoms with Crippen molar-refractivity contribution in [1.82, 2.24) is 10.2 Å². The molecule has 1 N–H and O–H groups in total. The molecular formula is C15H32N2. The minimum atomic E-state index is 0.672. The van der Waals surface area contributed by atoms with E-state index in [0.717, 1.165) is 23.9 Å². The quantitative estimate of drug-likeness (QED) is 0.794. The average molecular weight is 240 g/mol. The van der Waals surface area contributed by atoms with Crippen LogP contribution in [0.3, 0.4) is 0 Å². The van der Waals surface area contributed by atoms with Crippen LogP contribution in [0.25, 0.3) is 0 Å². The van der Waals surface area contributed by atoms with Crippen molar-refractivity contribution < 1.29 is 0 Å². The van der Waals surface area contributed by atoms with Gasteiger partial charge in [0.2, 0.25) is 0 Å². The molecule has 0 aromatic rings. The molecule has 3 atom stereocenters. The van der Waals surface area contributed by atoms with E-state index in [0.29, 0.717) is 6.04 Å². The summed E-state index contributed by atoms with van der Waals surface area (Å²) in [6, 6.07) is 2.16. The van der Waals surface area contributed by atoms with Crippen LogP contribution < -0.4 is 5.32 Å². The fraction of sp³-hybridized carbons (Fsp3) is 1.00. The molecule has 3 unspecified atom stereocenters. The van der Waals surface area contributed by atoms with Crippen LogP contribution in [0.1, 0.15) is 54.4 Å². The lowest BCUT2D eigenvalue weighted by Gasteiger charge is -2.46. The molecule has 1 rings (SSSR count). The Kier molecular flexibility index (Phi) is 5.94. The molecule has 2 nitrogen and oxygen atoms in total. The van der Waals surface area contributed by atoms with Crippen LogP contribution in [0.5, 0.6) is 0 Å². The van der Waals surface area contributed by atoms with Crippen LogP contribution in [0.15, 0.2) is 0 Å². The summed E-state index contributed by atoms with van der Waals surface area (Å²) >= 11 is 0. The molecule has 0 amide bonds. The lowest BCUT2D eigenvalue weighted by Crippen LogP contribution is -2.61. The highest BCUT2D eigenvalue weighted by atomic mass is 15.3. The maximum atomic E-state index is 3.73. The fourth-order valence-electron chi connectivity index (χ4n) is 3.17. The van der Waals surface area contributed by atoms with Gasteiger partial charge in [0.1, 0.15) is 0 Å². The van der Waals surface area contributed by atoms with Gasteiger partial charge in [-0.25, -0.2) is 0 Å². The highest BCUT2D eigenvalue weighted by molar-refractivity contribution is 4.91. The Morgan fingerprint density at radius 2 is 1.82 bits per heavy atom. The molecule has 1 saturated heterocycles. The predicted octanol–water partition coefficient (Wildman–Crippen LogP) is 3.13. The van der Waals surface area contributed by atoms with E-state index in [2.05, 4.69) is 51.8 Å². The molecule has 17 heavy (non-hydrogen) atoms. The van der Waals surface area contributed by atoms with Crippen molar-refractivity contribution in [2.24, 2.45) is 11.8 Å². The van der Waals surface area contributed by atoms with E-state index in [4.69, 9.17) is 0 Å². The number of rotatable bonds is 5. The molecule has 0 aromatic carbocycles. The molecule has 102 valence electrons. The van der Waals surface area contributed by atoms with E-state index in [-0.39, 0.29) is 0 Å². The molecule has 0 aromatic heterocycles. The Labute approximate surface area is 108 Å². The summed E-state index contributed by atoms with van der Waals surface area (Å²) in [5.74, 6) is 1.50. The van der Waals surface area contributed by atoms with Crippen molar-refractivity contribution in [2.75, 3.05) is 13.1 Å². The Morgan fingerprint density at radius 1 is 1.18 bits per heavy atom. The third kappa shape index (κ3) is 3.69. The second kappa shape index (κ2) is 6.75. The number of nitrogens with one attached hydrogen (secondary N) is 1. The van der Waals surface area contributed by atoms with Gasteiger partial charge in [-0.05, 0) is 24.7 Å². The molecular weight excluding hydrogens is 208 g/mol. The number of nitrogens with zero attached hydrogens (tertiary/aromatic N) is 1. The van der Waals surface area contributed by atoms with E-state index in [1.807, 2.05) is 0 Å². The van der Waals surface area contributed by atoms with E-state index >= 15 is 0 Å². The molecule has 2 heteroatoms. The molecule has 1 aliphatic rings. The van der Waals surface area contributed by atoms with Crippen LogP contribution in [0.2, 0.25) is 0 Å². The topological polar surface area (TPSA) is 15.3 Å². The van der Waals surface area contributed by atoms with E-state index in [1.54, 1.807) is 0 Å². The van der Waals surface area contributed by atoms with Gasteiger partial charge in [-0.2, -0.15) is 0 Å². The van der Waals surface area contributed by atoms with Crippen molar-refractivity contribution in [3.05, 3.63) is 0 Å². The third-order valence-corrected chi connectivity index (χ3v) is 4.38. The number of hydrogen-bond acceptors (Lipinski definition) is 2. The van der Waals surface area contributed by atoms with E-state index in [1.165, 1.54) is 25.9 Å². The lowest BCUT2D eigenvalue weighted by molar-refractivity contribution is 0.0445. The molecule has 1 heterocycles. The van der Waals surface area contributed by atoms with Crippen LogP contribution >= 0.6 is 0 Å². The average Bonchev–Trinajstić information content (AvgIpc) is 2.29. The standard InChI is InChI=1S/C15H32N2/c1-7-13-9-16-14(11(3)4)10-17(13)15(8-2)12(5)6/h11-16H,7-10H2,1-6H3. The highest BCUT2D eigenvalue weighted by Crippen LogP contribution is 2.23. The molecule has 1 aliphatic heterocycles. The van der Waals surface area contributed by atoms with E-state index < -0.39 is 0 Å². The summed E-state index contributed by atoms with van der Waals surface area (Å²) < 4.78 is 0. The van der Waals surface area contributed by atoms with Gasteiger partial charge in [-0.1, -0.05) is 41.5 Å². The van der Waals surface area contributed by atoms with Crippen molar-refractivity contribution in [3.8, 4) is 0 Å². The SMILES string of the molecule is CCC1CNC(C(C)C)CN1C(CC)C(C)C. The monoisotopic (exact) mass is 240 g/mol. The van der Waals surface area contributed by atoms with Gasteiger partial charge < -0.3 is 5.32 Å². The maximum absolute atomic E-state index is 3.73. The van der Waals surface area contributed by atoms with Crippen molar-refractivity contribution in [1.29, 1.82) is 0 Å². The third-order valence-electron chi connectivity index (χ3n) is 4.38. The van der Waals surface area contributed by atoms with Crippen LogP contribution in [0.4, 0.5) is 0 Å². The largest absolute Gasteiger partial charge is 0.311 e. The number of hydrogen-bond donors (Lipinski definition) is 1. The minimum absolute atomic E-state index is 0.672. The van der Waals surface area contributed by atoms with Crippen molar-refractivity contribution in [3.63, 3.8) is 0 Å². The Bertz CT molecular complexity index is 213. The summed E-state index contributed by atoms with van der Waals surface area (Å²) in [5.41, 5.74) is 0. The van der Waals surface area contributed by atoms with E-state index in [9.17, 15) is 0 Å². The molecule has 0 bridgehead atoms. The first-order valence-electron chi connectivity index (χ1n) is 7.50. The second-order valence-corrected chi connectivity index (χ2v) is 6.24. The molecule has 0 aliphatic carbocycles. The Balaban J connectivity index is 2.74. The fourth-order valence-corrected chi connectivity index (χ4v) is 3.17. The molecule has 0 radical (unpaired) electrons. The predicted molar refractivity (Wildman–Crippen MR) is 76.3 cm³/mol. The number of piperazine rings is 1. The summed E-state index contributed by atoms with van der Waals surface area (Å²) in [6.07, 6.45) is 2.54. The smallest absolute Gasteiger partial charge is 0.0221 e. The van der Waals surface area contributed by atoms with Gasteiger partial charge >= 0.3 is 0 Å². The van der Waals surface area contributed by atoms with Gasteiger partial charge in [-0.15, -0.1) is 0 Å². The normalized spacial score (nSPS) is 28.9. The second-order valence-electron chi connectivity index (χ2n) is 6.24. The van der Waals surface area contributed by atoms with Crippen LogP contribution in [-0.2, 0) is 0 Å². The zero-order chi connectivity index (χ0) is 13.0. The van der Waals surface area contributed by atoms with Gasteiger partial charge in [-0.3, -0.25) is 4.90 Å². The first kappa shape index (κ1) is 15.0. The van der Waals surface area contributed by atoms with Crippen molar-refractivity contribution >= 4 is 0 Å². The van der Waals surface area contributed by atoms with Gasteiger partial charge in [0, 0.05) is 31.2 Å². The minimum Gasteiger partial charge on any atom is -0.311 e. The zero-order valence-corrected chi connectivity index (χ0v) is 12.7. The molecule has 0 spiro atoms. The van der Waals surface area contributed by atoms with Crippen LogP contribution in [0, 0.1) is 11.8 Å². The molecule has 0 saturated carbocycles. The first-order chi connectivity index (χ1) is 8.01. The first-order valence-corrected chi connectivity index (χ1v) is 7.50. The zero-order valence-electron chi connectivity index (χ0n) is 12.7. The summed E-state index contributed by atoms with van der Waals surface area (Å²) in [4.78, 5) is 2.78. The Hall–Kier alpha value is -0.0800. The van der Waals surface area contributed by atoms with Gasteiger partial charge in [0.05, 0.1) is 0 Å². The lowest BCUT2D eigenvalue weighted by atomic mass is 9.92. The summed E-state index contributed by atoms with van der Waals surface area (Å²) in [5, 5.41) is 3.73. The van der Waals surface area contributed by atoms with Crippen molar-refractivity contribution in [2.45, 2.75) is 72.5 Å². The Morgan fingerprint density at radius 3 is 2.24 bits per heavy atom.